The van der Waals surface area contributed by atoms with Crippen LogP contribution in [-0.4, -0.2) is 54.7 Å². The van der Waals surface area contributed by atoms with E-state index in [0.717, 1.165) is 26.1 Å². The molecule has 0 radical (unpaired) electrons. The monoisotopic (exact) mass is 255 g/mol. The second-order valence-electron chi connectivity index (χ2n) is 4.29. The van der Waals surface area contributed by atoms with Gasteiger partial charge in [-0.05, 0) is 25.9 Å². The Balaban J connectivity index is 1.81. The van der Waals surface area contributed by atoms with Crippen molar-refractivity contribution in [3.8, 4) is 0 Å². The minimum absolute atomic E-state index is 0.126. The van der Waals surface area contributed by atoms with Gasteiger partial charge >= 0.3 is 0 Å². The number of nitrogens with one attached hydrogen (secondary N) is 2. The first-order valence-corrected chi connectivity index (χ1v) is 6.48. The summed E-state index contributed by atoms with van der Waals surface area (Å²) in [6, 6.07) is 0. The highest BCUT2D eigenvalue weighted by molar-refractivity contribution is 7.17. The molecule has 1 aliphatic rings. The average molecular weight is 255 g/mol. The van der Waals surface area contributed by atoms with Gasteiger partial charge in [-0.2, -0.15) is 0 Å². The van der Waals surface area contributed by atoms with Crippen molar-refractivity contribution in [1.82, 2.24) is 20.4 Å². The van der Waals surface area contributed by atoms with Crippen molar-refractivity contribution in [1.29, 1.82) is 0 Å². The minimum Gasteiger partial charge on any atom is -0.363 e. The maximum absolute atomic E-state index is 11.8. The third-order valence-electron chi connectivity index (χ3n) is 2.87. The second kappa shape index (κ2) is 5.42. The van der Waals surface area contributed by atoms with Gasteiger partial charge < -0.3 is 15.5 Å². The lowest BCUT2D eigenvalue weighted by Crippen LogP contribution is -2.30. The predicted octanol–water partition coefficient (Wildman–Crippen LogP) is 0.261. The Labute approximate surface area is 104 Å². The number of amides is 1. The van der Waals surface area contributed by atoms with E-state index in [4.69, 9.17) is 0 Å². The van der Waals surface area contributed by atoms with E-state index in [0.29, 0.717) is 16.1 Å². The Morgan fingerprint density at radius 1 is 1.59 bits per heavy atom. The molecule has 0 aliphatic carbocycles. The van der Waals surface area contributed by atoms with Crippen LogP contribution in [0.5, 0.6) is 0 Å². The molecule has 1 atom stereocenters. The molecule has 7 heteroatoms. The van der Waals surface area contributed by atoms with Crippen LogP contribution in [0.2, 0.25) is 0 Å². The molecule has 6 nitrogen and oxygen atoms in total. The summed E-state index contributed by atoms with van der Waals surface area (Å²) in [6.45, 7) is 2.89. The molecule has 1 aromatic rings. The van der Waals surface area contributed by atoms with Crippen molar-refractivity contribution in [2.45, 2.75) is 6.42 Å². The normalized spacial score (nSPS) is 20.5. The molecule has 1 unspecified atom stereocenters. The summed E-state index contributed by atoms with van der Waals surface area (Å²) in [5.74, 6) is 0.430. The number of carbonyl (C=O) groups excluding carboxylic acids is 1. The highest BCUT2D eigenvalue weighted by Crippen LogP contribution is 2.15. The van der Waals surface area contributed by atoms with Crippen molar-refractivity contribution < 1.29 is 4.79 Å². The van der Waals surface area contributed by atoms with Crippen LogP contribution in [-0.2, 0) is 0 Å². The van der Waals surface area contributed by atoms with E-state index in [9.17, 15) is 4.79 Å². The van der Waals surface area contributed by atoms with Gasteiger partial charge in [0.1, 0.15) is 0 Å². The molecule has 1 amide bonds. The molecule has 1 aliphatic heterocycles. The van der Waals surface area contributed by atoms with E-state index in [2.05, 4.69) is 32.8 Å². The van der Waals surface area contributed by atoms with E-state index < -0.39 is 0 Å². The Kier molecular flexibility index (Phi) is 3.90. The first-order valence-electron chi connectivity index (χ1n) is 5.67. The number of aromatic nitrogens is 2. The molecule has 94 valence electrons. The molecule has 2 rings (SSSR count). The summed E-state index contributed by atoms with van der Waals surface area (Å²) in [6.07, 6.45) is 1.15. The maximum atomic E-state index is 11.8. The number of rotatable bonds is 4. The average Bonchev–Trinajstić information content (AvgIpc) is 2.94. The largest absolute Gasteiger partial charge is 0.363 e. The SMILES string of the molecule is CNc1nnc(C(=O)NCC2CCN(C)C2)s1. The van der Waals surface area contributed by atoms with Gasteiger partial charge in [0.15, 0.2) is 0 Å². The summed E-state index contributed by atoms with van der Waals surface area (Å²) in [5, 5.41) is 14.5. The quantitative estimate of drug-likeness (QED) is 0.807. The highest BCUT2D eigenvalue weighted by atomic mass is 32.1. The number of carbonyl (C=O) groups is 1. The lowest BCUT2D eigenvalue weighted by atomic mass is 10.1. The molecule has 1 fully saturated rings. The third-order valence-corrected chi connectivity index (χ3v) is 3.81. The first kappa shape index (κ1) is 12.3. The molecule has 1 saturated heterocycles. The van der Waals surface area contributed by atoms with Gasteiger partial charge in [0, 0.05) is 20.1 Å². The second-order valence-corrected chi connectivity index (χ2v) is 5.27. The molecule has 0 aromatic carbocycles. The van der Waals surface area contributed by atoms with Crippen molar-refractivity contribution >= 4 is 22.4 Å². The lowest BCUT2D eigenvalue weighted by molar-refractivity contribution is 0.0946. The van der Waals surface area contributed by atoms with Crippen LogP contribution < -0.4 is 10.6 Å². The molecule has 17 heavy (non-hydrogen) atoms. The van der Waals surface area contributed by atoms with Gasteiger partial charge in [-0.1, -0.05) is 11.3 Å². The summed E-state index contributed by atoms with van der Waals surface area (Å²) in [5.41, 5.74) is 0. The molecule has 2 heterocycles. The Bertz CT molecular complexity index is 394. The summed E-state index contributed by atoms with van der Waals surface area (Å²) in [4.78, 5) is 14.0. The van der Waals surface area contributed by atoms with Gasteiger partial charge in [0.2, 0.25) is 10.1 Å². The Morgan fingerprint density at radius 2 is 2.41 bits per heavy atom. The molecule has 0 spiro atoms. The Morgan fingerprint density at radius 3 is 3.00 bits per heavy atom. The fourth-order valence-corrected chi connectivity index (χ4v) is 2.53. The number of nitrogens with zero attached hydrogens (tertiary/aromatic N) is 3. The molecule has 0 saturated carbocycles. The third kappa shape index (κ3) is 3.13. The van der Waals surface area contributed by atoms with Gasteiger partial charge in [0.25, 0.3) is 5.91 Å². The zero-order valence-electron chi connectivity index (χ0n) is 10.1. The summed E-state index contributed by atoms with van der Waals surface area (Å²) >= 11 is 1.27. The smallest absolute Gasteiger partial charge is 0.282 e. The van der Waals surface area contributed by atoms with Crippen LogP contribution in [0, 0.1) is 5.92 Å². The van der Waals surface area contributed by atoms with Crippen LogP contribution in [0.15, 0.2) is 0 Å². The zero-order chi connectivity index (χ0) is 12.3. The van der Waals surface area contributed by atoms with Crippen molar-refractivity contribution in [3.05, 3.63) is 5.01 Å². The van der Waals surface area contributed by atoms with Crippen LogP contribution in [0.25, 0.3) is 0 Å². The van der Waals surface area contributed by atoms with Crippen molar-refractivity contribution in [2.75, 3.05) is 39.0 Å². The maximum Gasteiger partial charge on any atom is 0.282 e. The molecule has 2 N–H and O–H groups in total. The minimum atomic E-state index is -0.126. The first-order chi connectivity index (χ1) is 8.19. The van der Waals surface area contributed by atoms with Crippen LogP contribution in [0.3, 0.4) is 0 Å². The van der Waals surface area contributed by atoms with Crippen molar-refractivity contribution in [2.24, 2.45) is 5.92 Å². The topological polar surface area (TPSA) is 70.1 Å². The fourth-order valence-electron chi connectivity index (χ4n) is 1.92. The summed E-state index contributed by atoms with van der Waals surface area (Å²) in [7, 11) is 3.86. The number of anilines is 1. The van der Waals surface area contributed by atoms with E-state index >= 15 is 0 Å². The standard InChI is InChI=1S/C10H17N5OS/c1-11-10-14-13-9(17-10)8(16)12-5-7-3-4-15(2)6-7/h7H,3-6H2,1-2H3,(H,11,14)(H,12,16). The van der Waals surface area contributed by atoms with Crippen LogP contribution in [0.1, 0.15) is 16.2 Å². The Hall–Kier alpha value is -1.21. The van der Waals surface area contributed by atoms with E-state index in [1.54, 1.807) is 7.05 Å². The van der Waals surface area contributed by atoms with E-state index in [-0.39, 0.29) is 5.91 Å². The number of hydrogen-bond acceptors (Lipinski definition) is 6. The number of hydrogen-bond donors (Lipinski definition) is 2. The van der Waals surface area contributed by atoms with Gasteiger partial charge in [-0.3, -0.25) is 4.79 Å². The highest BCUT2D eigenvalue weighted by Gasteiger charge is 2.20. The molecular weight excluding hydrogens is 238 g/mol. The molecule has 1 aromatic heterocycles. The predicted molar refractivity (Wildman–Crippen MR) is 67.4 cm³/mol. The van der Waals surface area contributed by atoms with Crippen LogP contribution >= 0.6 is 11.3 Å². The van der Waals surface area contributed by atoms with Crippen LogP contribution in [0.4, 0.5) is 5.13 Å². The number of likely N-dealkylation sites (tertiary alicyclic amines) is 1. The van der Waals surface area contributed by atoms with E-state index in [1.165, 1.54) is 11.3 Å². The molecule has 0 bridgehead atoms. The summed E-state index contributed by atoms with van der Waals surface area (Å²) < 4.78 is 0. The van der Waals surface area contributed by atoms with Crippen molar-refractivity contribution in [3.63, 3.8) is 0 Å². The van der Waals surface area contributed by atoms with Gasteiger partial charge in [-0.15, -0.1) is 10.2 Å². The molecular formula is C10H17N5OS. The van der Waals surface area contributed by atoms with Gasteiger partial charge in [-0.25, -0.2) is 0 Å². The van der Waals surface area contributed by atoms with E-state index in [1.807, 2.05) is 0 Å². The van der Waals surface area contributed by atoms with Gasteiger partial charge in [0.05, 0.1) is 0 Å². The lowest BCUT2D eigenvalue weighted by Gasteiger charge is -2.10. The fraction of sp³-hybridized carbons (Fsp3) is 0.700. The zero-order valence-corrected chi connectivity index (χ0v) is 10.9.